The van der Waals surface area contributed by atoms with Crippen LogP contribution < -0.4 is 5.32 Å². The lowest BCUT2D eigenvalue weighted by Gasteiger charge is -2.13. The normalized spacial score (nSPS) is 15.4. The number of nitrogens with one attached hydrogen (secondary N) is 1. The van der Waals surface area contributed by atoms with Gasteiger partial charge in [-0.3, -0.25) is 9.79 Å². The first-order valence-electron chi connectivity index (χ1n) is 4.86. The van der Waals surface area contributed by atoms with Gasteiger partial charge >= 0.3 is 0 Å². The lowest BCUT2D eigenvalue weighted by molar-refractivity contribution is 0.106. The molecule has 0 atom stereocenters. The van der Waals surface area contributed by atoms with Gasteiger partial charge in [-0.05, 0) is 30.7 Å². The molecule has 0 bridgehead atoms. The van der Waals surface area contributed by atoms with Crippen molar-refractivity contribution in [2.24, 2.45) is 4.99 Å². The van der Waals surface area contributed by atoms with Gasteiger partial charge in [0.15, 0.2) is 5.84 Å². The van der Waals surface area contributed by atoms with Crippen molar-refractivity contribution in [2.45, 2.75) is 6.42 Å². The zero-order valence-corrected chi connectivity index (χ0v) is 8.92. The minimum atomic E-state index is -0.0635. The maximum atomic E-state index is 11.9. The minimum Gasteiger partial charge on any atom is -0.367 e. The van der Waals surface area contributed by atoms with E-state index < -0.39 is 0 Å². The molecule has 0 unspecified atom stereocenters. The molecule has 15 heavy (non-hydrogen) atoms. The molecule has 1 heterocycles. The zero-order chi connectivity index (χ0) is 10.7. The average Bonchev–Trinajstić information content (AvgIpc) is 2.30. The van der Waals surface area contributed by atoms with Crippen molar-refractivity contribution in [2.75, 3.05) is 13.1 Å². The molecule has 2 rings (SSSR count). The molecule has 1 aromatic rings. The Labute approximate surface area is 93.2 Å². The highest BCUT2D eigenvalue weighted by atomic mass is 35.5. The first kappa shape index (κ1) is 10.2. The number of Topliss-reactive ketones (excluding diaryl/α,β-unsaturated/α-hetero) is 1. The third kappa shape index (κ3) is 2.36. The van der Waals surface area contributed by atoms with Crippen molar-refractivity contribution >= 4 is 23.2 Å². The Kier molecular flexibility index (Phi) is 3.02. The van der Waals surface area contributed by atoms with Crippen LogP contribution in [0.4, 0.5) is 0 Å². The quantitative estimate of drug-likeness (QED) is 0.777. The number of nitrogens with zero attached hydrogens (tertiary/aromatic N) is 1. The lowest BCUT2D eigenvalue weighted by Crippen LogP contribution is -2.35. The molecule has 1 aliphatic rings. The summed E-state index contributed by atoms with van der Waals surface area (Å²) in [6.07, 6.45) is 0.984. The second kappa shape index (κ2) is 4.45. The SMILES string of the molecule is O=C(C1=NCCCN1)c1ccc(Cl)cc1. The number of carbonyl (C=O) groups is 1. The predicted octanol–water partition coefficient (Wildman–Crippen LogP) is 1.91. The monoisotopic (exact) mass is 222 g/mol. The minimum absolute atomic E-state index is 0.0635. The fraction of sp³-hybridized carbons (Fsp3) is 0.273. The molecule has 78 valence electrons. The van der Waals surface area contributed by atoms with E-state index in [-0.39, 0.29) is 5.78 Å². The summed E-state index contributed by atoms with van der Waals surface area (Å²) in [4.78, 5) is 16.0. The molecule has 0 saturated heterocycles. The Morgan fingerprint density at radius 3 is 2.67 bits per heavy atom. The standard InChI is InChI=1S/C11H11ClN2O/c12-9-4-2-8(3-5-9)10(15)11-13-6-1-7-14-11/h2-5H,1,6-7H2,(H,13,14). The second-order valence-electron chi connectivity index (χ2n) is 3.35. The van der Waals surface area contributed by atoms with Crippen LogP contribution in [0.3, 0.4) is 0 Å². The van der Waals surface area contributed by atoms with Crippen molar-refractivity contribution < 1.29 is 4.79 Å². The number of hydrogen-bond acceptors (Lipinski definition) is 3. The number of aliphatic imine (C=N–C) groups is 1. The average molecular weight is 223 g/mol. The highest BCUT2D eigenvalue weighted by molar-refractivity contribution is 6.45. The number of halogens is 1. The van der Waals surface area contributed by atoms with E-state index in [1.807, 2.05) is 0 Å². The Morgan fingerprint density at radius 2 is 2.07 bits per heavy atom. The first-order chi connectivity index (χ1) is 7.27. The molecule has 3 nitrogen and oxygen atoms in total. The van der Waals surface area contributed by atoms with Crippen LogP contribution in [-0.2, 0) is 0 Å². The Hall–Kier alpha value is -1.35. The van der Waals surface area contributed by atoms with Gasteiger partial charge in [-0.1, -0.05) is 11.6 Å². The molecular weight excluding hydrogens is 212 g/mol. The van der Waals surface area contributed by atoms with E-state index in [0.717, 1.165) is 19.5 Å². The largest absolute Gasteiger partial charge is 0.367 e. The second-order valence-corrected chi connectivity index (χ2v) is 3.78. The molecule has 0 fully saturated rings. The van der Waals surface area contributed by atoms with Gasteiger partial charge in [0.25, 0.3) is 0 Å². The molecule has 0 radical (unpaired) electrons. The van der Waals surface area contributed by atoms with Gasteiger partial charge in [-0.2, -0.15) is 0 Å². The lowest BCUT2D eigenvalue weighted by atomic mass is 10.1. The highest BCUT2D eigenvalue weighted by Gasteiger charge is 2.15. The van der Waals surface area contributed by atoms with Gasteiger partial charge in [-0.25, -0.2) is 0 Å². The summed E-state index contributed by atoms with van der Waals surface area (Å²) >= 11 is 5.74. The first-order valence-corrected chi connectivity index (χ1v) is 5.24. The van der Waals surface area contributed by atoms with Crippen molar-refractivity contribution in [3.05, 3.63) is 34.9 Å². The number of ketones is 1. The molecule has 4 heteroatoms. The smallest absolute Gasteiger partial charge is 0.227 e. The molecule has 0 aromatic heterocycles. The van der Waals surface area contributed by atoms with Crippen molar-refractivity contribution in [3.63, 3.8) is 0 Å². The van der Waals surface area contributed by atoms with E-state index in [4.69, 9.17) is 11.6 Å². The van der Waals surface area contributed by atoms with Crippen LogP contribution >= 0.6 is 11.6 Å². The van der Waals surface area contributed by atoms with Crippen LogP contribution in [0.15, 0.2) is 29.3 Å². The van der Waals surface area contributed by atoms with E-state index in [2.05, 4.69) is 10.3 Å². The highest BCUT2D eigenvalue weighted by Crippen LogP contribution is 2.10. The Bertz CT molecular complexity index is 398. The van der Waals surface area contributed by atoms with Crippen LogP contribution in [0, 0.1) is 0 Å². The number of rotatable bonds is 2. The van der Waals surface area contributed by atoms with E-state index >= 15 is 0 Å². The molecule has 0 spiro atoms. The third-order valence-corrected chi connectivity index (χ3v) is 2.47. The summed E-state index contributed by atoms with van der Waals surface area (Å²) in [7, 11) is 0. The topological polar surface area (TPSA) is 41.5 Å². The Morgan fingerprint density at radius 1 is 1.33 bits per heavy atom. The maximum absolute atomic E-state index is 11.9. The molecule has 1 N–H and O–H groups in total. The summed E-state index contributed by atoms with van der Waals surface area (Å²) in [6, 6.07) is 6.84. The molecule has 0 amide bonds. The molecule has 1 aliphatic heterocycles. The van der Waals surface area contributed by atoms with E-state index in [1.54, 1.807) is 24.3 Å². The Balaban J connectivity index is 2.20. The summed E-state index contributed by atoms with van der Waals surface area (Å²) in [6.45, 7) is 1.54. The number of benzene rings is 1. The van der Waals surface area contributed by atoms with Crippen LogP contribution in [0.5, 0.6) is 0 Å². The zero-order valence-electron chi connectivity index (χ0n) is 8.16. The summed E-state index contributed by atoms with van der Waals surface area (Å²) < 4.78 is 0. The van der Waals surface area contributed by atoms with E-state index in [1.165, 1.54) is 0 Å². The van der Waals surface area contributed by atoms with Gasteiger partial charge in [0.1, 0.15) is 0 Å². The van der Waals surface area contributed by atoms with Crippen molar-refractivity contribution in [1.82, 2.24) is 5.32 Å². The van der Waals surface area contributed by atoms with Crippen LogP contribution in [0.25, 0.3) is 0 Å². The van der Waals surface area contributed by atoms with Crippen LogP contribution in [0.2, 0.25) is 5.02 Å². The molecule has 0 saturated carbocycles. The van der Waals surface area contributed by atoms with Gasteiger partial charge in [0, 0.05) is 23.7 Å². The maximum Gasteiger partial charge on any atom is 0.227 e. The fourth-order valence-electron chi connectivity index (χ4n) is 1.42. The summed E-state index contributed by atoms with van der Waals surface area (Å²) in [5.74, 6) is 0.398. The van der Waals surface area contributed by atoms with E-state index in [9.17, 15) is 4.79 Å². The van der Waals surface area contributed by atoms with Gasteiger partial charge in [0.2, 0.25) is 5.78 Å². The third-order valence-electron chi connectivity index (χ3n) is 2.22. The summed E-state index contributed by atoms with van der Waals surface area (Å²) in [5.41, 5.74) is 0.618. The summed E-state index contributed by atoms with van der Waals surface area (Å²) in [5, 5.41) is 3.63. The van der Waals surface area contributed by atoms with Crippen molar-refractivity contribution in [1.29, 1.82) is 0 Å². The van der Waals surface area contributed by atoms with E-state index in [0.29, 0.717) is 16.4 Å². The molecule has 0 aliphatic carbocycles. The molecule has 1 aromatic carbocycles. The van der Waals surface area contributed by atoms with Crippen LogP contribution in [-0.4, -0.2) is 24.7 Å². The fourth-order valence-corrected chi connectivity index (χ4v) is 1.55. The van der Waals surface area contributed by atoms with Gasteiger partial charge < -0.3 is 5.32 Å². The predicted molar refractivity (Wildman–Crippen MR) is 60.7 cm³/mol. The van der Waals surface area contributed by atoms with Crippen molar-refractivity contribution in [3.8, 4) is 0 Å². The van der Waals surface area contributed by atoms with Gasteiger partial charge in [-0.15, -0.1) is 0 Å². The molecular formula is C11H11ClN2O. The number of hydrogen-bond donors (Lipinski definition) is 1. The van der Waals surface area contributed by atoms with Gasteiger partial charge in [0.05, 0.1) is 0 Å². The van der Waals surface area contributed by atoms with Crippen LogP contribution in [0.1, 0.15) is 16.8 Å². The number of amidine groups is 1. The number of carbonyl (C=O) groups excluding carboxylic acids is 1.